The molecule has 0 unspecified atom stereocenters. The van der Waals surface area contributed by atoms with Gasteiger partial charge in [0.05, 0.1) is 12.0 Å². The highest BCUT2D eigenvalue weighted by Gasteiger charge is 2.38. The molecule has 0 saturated carbocycles. The summed E-state index contributed by atoms with van der Waals surface area (Å²) >= 11 is 0. The lowest BCUT2D eigenvalue weighted by Crippen LogP contribution is -2.68. The molecule has 0 atom stereocenters. The number of para-hydroxylation sites is 1. The van der Waals surface area contributed by atoms with Gasteiger partial charge in [0, 0.05) is 25.2 Å². The van der Waals surface area contributed by atoms with Crippen LogP contribution in [0.2, 0.25) is 0 Å². The van der Waals surface area contributed by atoms with E-state index in [9.17, 15) is 9.90 Å². The summed E-state index contributed by atoms with van der Waals surface area (Å²) in [6, 6.07) is 7.05. The molecule has 0 aliphatic carbocycles. The van der Waals surface area contributed by atoms with E-state index in [1.54, 1.807) is 12.1 Å². The molecule has 1 aliphatic rings. The van der Waals surface area contributed by atoms with Gasteiger partial charge in [-0.25, -0.2) is 0 Å². The lowest BCUT2D eigenvalue weighted by Gasteiger charge is -2.42. The fraction of sp³-hybridized carbons (Fsp3) is 0.417. The van der Waals surface area contributed by atoms with E-state index in [1.807, 2.05) is 12.1 Å². The minimum atomic E-state index is -0.809. The Bertz CT molecular complexity index is 416. The van der Waals surface area contributed by atoms with E-state index in [0.717, 1.165) is 5.56 Å². The molecule has 1 aromatic rings. The Morgan fingerprint density at radius 1 is 1.41 bits per heavy atom. The molecule has 0 amide bonds. The predicted molar refractivity (Wildman–Crippen MR) is 62.8 cm³/mol. The smallest absolute Gasteiger partial charge is 0.305 e. The first-order valence-corrected chi connectivity index (χ1v) is 5.56. The van der Waals surface area contributed by atoms with E-state index in [4.69, 9.17) is 5.11 Å². The molecule has 0 radical (unpaired) electrons. The number of hydrogen-bond donors (Lipinski definition) is 4. The van der Waals surface area contributed by atoms with Gasteiger partial charge in [0.1, 0.15) is 5.75 Å². The fourth-order valence-corrected chi connectivity index (χ4v) is 1.97. The van der Waals surface area contributed by atoms with E-state index in [0.29, 0.717) is 19.6 Å². The number of phenols is 1. The van der Waals surface area contributed by atoms with Gasteiger partial charge < -0.3 is 20.8 Å². The number of rotatable bonds is 5. The molecule has 1 heterocycles. The van der Waals surface area contributed by atoms with Gasteiger partial charge in [-0.05, 0) is 6.07 Å². The summed E-state index contributed by atoms with van der Waals surface area (Å²) in [6.45, 7) is 1.77. The average molecular weight is 236 g/mol. The van der Waals surface area contributed by atoms with Crippen molar-refractivity contribution in [3.05, 3.63) is 29.8 Å². The highest BCUT2D eigenvalue weighted by atomic mass is 16.4. The molecule has 5 nitrogen and oxygen atoms in total. The zero-order chi connectivity index (χ0) is 12.3. The van der Waals surface area contributed by atoms with Crippen LogP contribution in [0.25, 0.3) is 0 Å². The predicted octanol–water partition coefficient (Wildman–Crippen LogP) is 0.298. The van der Waals surface area contributed by atoms with Crippen LogP contribution in [0.5, 0.6) is 5.75 Å². The molecule has 0 spiro atoms. The Morgan fingerprint density at radius 3 is 2.65 bits per heavy atom. The second-order valence-electron chi connectivity index (χ2n) is 4.44. The number of carboxylic acid groups (broad SMARTS) is 1. The van der Waals surface area contributed by atoms with E-state index in [2.05, 4.69) is 10.6 Å². The second-order valence-corrected chi connectivity index (χ2v) is 4.44. The summed E-state index contributed by atoms with van der Waals surface area (Å²) in [5, 5.41) is 24.7. The molecule has 5 heteroatoms. The maximum Gasteiger partial charge on any atom is 0.305 e. The van der Waals surface area contributed by atoms with Crippen LogP contribution in [0.15, 0.2) is 24.3 Å². The minimum Gasteiger partial charge on any atom is -0.508 e. The molecule has 1 aromatic carbocycles. The maximum atomic E-state index is 10.8. The topological polar surface area (TPSA) is 81.6 Å². The number of phenolic OH excluding ortho intramolecular Hbond substituents is 1. The molecule has 17 heavy (non-hydrogen) atoms. The highest BCUT2D eigenvalue weighted by molar-refractivity contribution is 5.68. The van der Waals surface area contributed by atoms with Crippen molar-refractivity contribution in [1.82, 2.24) is 10.6 Å². The number of aliphatic carboxylic acids is 1. The van der Waals surface area contributed by atoms with Crippen molar-refractivity contribution in [2.24, 2.45) is 0 Å². The van der Waals surface area contributed by atoms with Crippen molar-refractivity contribution in [3.8, 4) is 5.75 Å². The summed E-state index contributed by atoms with van der Waals surface area (Å²) < 4.78 is 0. The van der Waals surface area contributed by atoms with Crippen molar-refractivity contribution in [1.29, 1.82) is 0 Å². The van der Waals surface area contributed by atoms with Crippen LogP contribution in [0.3, 0.4) is 0 Å². The number of nitrogens with one attached hydrogen (secondary N) is 2. The number of aromatic hydroxyl groups is 1. The van der Waals surface area contributed by atoms with Gasteiger partial charge in [0.2, 0.25) is 0 Å². The largest absolute Gasteiger partial charge is 0.508 e. The Kier molecular flexibility index (Phi) is 3.31. The zero-order valence-electron chi connectivity index (χ0n) is 9.44. The molecular weight excluding hydrogens is 220 g/mol. The van der Waals surface area contributed by atoms with Crippen LogP contribution >= 0.6 is 0 Å². The van der Waals surface area contributed by atoms with Gasteiger partial charge in [0.15, 0.2) is 0 Å². The summed E-state index contributed by atoms with van der Waals surface area (Å²) in [5.74, 6) is -0.575. The monoisotopic (exact) mass is 236 g/mol. The van der Waals surface area contributed by atoms with Crippen molar-refractivity contribution in [2.75, 3.05) is 13.1 Å². The van der Waals surface area contributed by atoms with Crippen LogP contribution in [-0.4, -0.2) is 34.8 Å². The quantitative estimate of drug-likeness (QED) is 0.591. The first-order valence-electron chi connectivity index (χ1n) is 5.56. The summed E-state index contributed by atoms with van der Waals surface area (Å²) in [5.41, 5.74) is 0.401. The highest BCUT2D eigenvalue weighted by Crippen LogP contribution is 2.20. The molecule has 4 N–H and O–H groups in total. The average Bonchev–Trinajstić information content (AvgIpc) is 2.23. The van der Waals surface area contributed by atoms with Crippen LogP contribution < -0.4 is 10.6 Å². The molecule has 2 rings (SSSR count). The maximum absolute atomic E-state index is 10.8. The van der Waals surface area contributed by atoms with E-state index in [1.165, 1.54) is 0 Å². The third kappa shape index (κ3) is 2.75. The summed E-state index contributed by atoms with van der Waals surface area (Å²) in [6.07, 6.45) is 0.0909. The lowest BCUT2D eigenvalue weighted by atomic mass is 9.88. The van der Waals surface area contributed by atoms with Crippen LogP contribution in [0.4, 0.5) is 0 Å². The molecular formula is C12H16N2O3. The zero-order valence-corrected chi connectivity index (χ0v) is 9.44. The normalized spacial score (nSPS) is 17.4. The van der Waals surface area contributed by atoms with E-state index >= 15 is 0 Å². The Labute approximate surface area is 99.5 Å². The minimum absolute atomic E-state index is 0.0909. The first-order chi connectivity index (χ1) is 8.11. The SMILES string of the molecule is O=C(O)CC1(NCc2ccccc2O)CNC1. The van der Waals surface area contributed by atoms with Gasteiger partial charge in [-0.3, -0.25) is 4.79 Å². The van der Waals surface area contributed by atoms with Gasteiger partial charge in [-0.2, -0.15) is 0 Å². The van der Waals surface area contributed by atoms with Crippen LogP contribution in [0.1, 0.15) is 12.0 Å². The molecule has 1 fully saturated rings. The van der Waals surface area contributed by atoms with Gasteiger partial charge in [0.25, 0.3) is 0 Å². The number of benzene rings is 1. The Hall–Kier alpha value is -1.59. The molecule has 0 bridgehead atoms. The van der Waals surface area contributed by atoms with Crippen molar-refractivity contribution >= 4 is 5.97 Å². The fourth-order valence-electron chi connectivity index (χ4n) is 1.97. The second kappa shape index (κ2) is 4.73. The lowest BCUT2D eigenvalue weighted by molar-refractivity contribution is -0.139. The van der Waals surface area contributed by atoms with E-state index in [-0.39, 0.29) is 17.7 Å². The first kappa shape index (κ1) is 11.9. The van der Waals surface area contributed by atoms with Crippen molar-refractivity contribution < 1.29 is 15.0 Å². The molecule has 1 aliphatic heterocycles. The van der Waals surface area contributed by atoms with Gasteiger partial charge in [-0.1, -0.05) is 18.2 Å². The standard InChI is InChI=1S/C12H16N2O3/c15-10-4-2-1-3-9(10)6-14-12(5-11(16)17)7-13-8-12/h1-4,13-15H,5-8H2,(H,16,17). The number of carbonyl (C=O) groups is 1. The van der Waals surface area contributed by atoms with Gasteiger partial charge in [-0.15, -0.1) is 0 Å². The summed E-state index contributed by atoms with van der Waals surface area (Å²) in [4.78, 5) is 10.8. The van der Waals surface area contributed by atoms with Crippen LogP contribution in [0, 0.1) is 0 Å². The number of carboxylic acids is 1. The van der Waals surface area contributed by atoms with Gasteiger partial charge >= 0.3 is 5.97 Å². The Morgan fingerprint density at radius 2 is 2.12 bits per heavy atom. The van der Waals surface area contributed by atoms with Crippen molar-refractivity contribution in [2.45, 2.75) is 18.5 Å². The van der Waals surface area contributed by atoms with Crippen LogP contribution in [-0.2, 0) is 11.3 Å². The van der Waals surface area contributed by atoms with E-state index < -0.39 is 5.97 Å². The molecule has 0 aromatic heterocycles. The third-order valence-electron chi connectivity index (χ3n) is 3.06. The molecule has 1 saturated heterocycles. The molecule has 92 valence electrons. The number of hydrogen-bond acceptors (Lipinski definition) is 4. The summed E-state index contributed by atoms with van der Waals surface area (Å²) in [7, 11) is 0. The Balaban J connectivity index is 1.97. The third-order valence-corrected chi connectivity index (χ3v) is 3.06. The van der Waals surface area contributed by atoms with Crippen molar-refractivity contribution in [3.63, 3.8) is 0 Å².